The molecule has 3 N–H and O–H groups in total. The molecule has 0 aliphatic rings. The Bertz CT molecular complexity index is 668. The Labute approximate surface area is 170 Å². The first-order valence-corrected chi connectivity index (χ1v) is 8.85. The van der Waals surface area contributed by atoms with Gasteiger partial charge in [-0.25, -0.2) is 4.98 Å². The molecular formula is C17H24Cl2N4O2S. The van der Waals surface area contributed by atoms with Crippen molar-refractivity contribution in [2.24, 2.45) is 0 Å². The molecule has 0 aliphatic carbocycles. The smallest absolute Gasteiger partial charge is 0.257 e. The summed E-state index contributed by atoms with van der Waals surface area (Å²) in [6.45, 7) is 4.41. The van der Waals surface area contributed by atoms with Crippen LogP contribution in [0.5, 0.6) is 0 Å². The summed E-state index contributed by atoms with van der Waals surface area (Å²) in [4.78, 5) is 28.2. The lowest BCUT2D eigenvalue weighted by Crippen LogP contribution is -2.33. The van der Waals surface area contributed by atoms with Crippen molar-refractivity contribution >= 4 is 53.1 Å². The summed E-state index contributed by atoms with van der Waals surface area (Å²) in [7, 11) is 0. The van der Waals surface area contributed by atoms with Gasteiger partial charge in [0.05, 0.1) is 12.1 Å². The molecule has 0 atom stereocenters. The van der Waals surface area contributed by atoms with Crippen LogP contribution >= 0.6 is 36.2 Å². The third kappa shape index (κ3) is 8.62. The van der Waals surface area contributed by atoms with Crippen LogP contribution in [0.1, 0.15) is 29.4 Å². The number of anilines is 1. The molecule has 144 valence electrons. The largest absolute Gasteiger partial charge is 0.354 e. The lowest BCUT2D eigenvalue weighted by molar-refractivity contribution is -0.120. The van der Waals surface area contributed by atoms with Gasteiger partial charge in [-0.05, 0) is 25.1 Å². The van der Waals surface area contributed by atoms with Crippen molar-refractivity contribution < 1.29 is 9.59 Å². The Kier molecular flexibility index (Phi) is 12.7. The number of hydrogen-bond donors (Lipinski definition) is 3. The van der Waals surface area contributed by atoms with E-state index in [2.05, 4.69) is 27.9 Å². The van der Waals surface area contributed by atoms with Gasteiger partial charge < -0.3 is 10.6 Å². The van der Waals surface area contributed by atoms with Crippen molar-refractivity contribution in [3.05, 3.63) is 47.0 Å². The van der Waals surface area contributed by atoms with Gasteiger partial charge in [-0.1, -0.05) is 25.1 Å². The van der Waals surface area contributed by atoms with E-state index >= 15 is 0 Å². The zero-order valence-electron chi connectivity index (χ0n) is 14.5. The SMILES string of the molecule is CCCNCCNC(=O)Cc1csc(NC(=O)c2ccccc2)n1.Cl.Cl. The molecule has 0 saturated carbocycles. The summed E-state index contributed by atoms with van der Waals surface area (Å²) in [5, 5.41) is 11.1. The lowest BCUT2D eigenvalue weighted by atomic mass is 10.2. The van der Waals surface area contributed by atoms with Gasteiger partial charge >= 0.3 is 0 Å². The van der Waals surface area contributed by atoms with E-state index in [0.29, 0.717) is 22.9 Å². The number of nitrogens with one attached hydrogen (secondary N) is 3. The first-order valence-electron chi connectivity index (χ1n) is 7.97. The van der Waals surface area contributed by atoms with Gasteiger partial charge in [0.1, 0.15) is 0 Å². The molecule has 0 spiro atoms. The number of carbonyl (C=O) groups excluding carboxylic acids is 2. The second-order valence-corrected chi connectivity index (χ2v) is 6.10. The van der Waals surface area contributed by atoms with E-state index < -0.39 is 0 Å². The minimum Gasteiger partial charge on any atom is -0.354 e. The fraction of sp³-hybridized carbons (Fsp3) is 0.353. The molecule has 2 amide bonds. The highest BCUT2D eigenvalue weighted by molar-refractivity contribution is 7.14. The molecule has 0 fully saturated rings. The minimum atomic E-state index is -0.206. The maximum Gasteiger partial charge on any atom is 0.257 e. The highest BCUT2D eigenvalue weighted by Crippen LogP contribution is 2.16. The molecule has 2 rings (SSSR count). The van der Waals surface area contributed by atoms with Crippen molar-refractivity contribution in [2.75, 3.05) is 25.0 Å². The van der Waals surface area contributed by atoms with Gasteiger partial charge in [-0.3, -0.25) is 14.9 Å². The second kappa shape index (κ2) is 13.5. The summed E-state index contributed by atoms with van der Waals surface area (Å²) in [6, 6.07) is 8.95. The highest BCUT2D eigenvalue weighted by Gasteiger charge is 2.10. The summed E-state index contributed by atoms with van der Waals surface area (Å²) in [6.07, 6.45) is 1.29. The number of thiazole rings is 1. The summed E-state index contributed by atoms with van der Waals surface area (Å²) < 4.78 is 0. The second-order valence-electron chi connectivity index (χ2n) is 5.24. The average Bonchev–Trinajstić information content (AvgIpc) is 3.02. The van der Waals surface area contributed by atoms with Gasteiger partial charge in [0.2, 0.25) is 5.91 Å². The van der Waals surface area contributed by atoms with Gasteiger partial charge in [-0.15, -0.1) is 36.2 Å². The zero-order chi connectivity index (χ0) is 17.2. The standard InChI is InChI=1S/C17H22N4O2S.2ClH/c1-2-8-18-9-10-19-15(22)11-14-12-24-17(20-14)21-16(23)13-6-4-3-5-7-13;;/h3-7,12,18H,2,8-11H2,1H3,(H,19,22)(H,20,21,23);2*1H. The average molecular weight is 419 g/mol. The van der Waals surface area contributed by atoms with Crippen LogP contribution in [-0.4, -0.2) is 36.4 Å². The molecule has 1 aromatic carbocycles. The van der Waals surface area contributed by atoms with Crippen molar-refractivity contribution in [1.82, 2.24) is 15.6 Å². The van der Waals surface area contributed by atoms with E-state index in [1.165, 1.54) is 11.3 Å². The molecule has 0 saturated heterocycles. The van der Waals surface area contributed by atoms with Crippen LogP contribution < -0.4 is 16.0 Å². The molecule has 6 nitrogen and oxygen atoms in total. The maximum atomic E-state index is 12.0. The van der Waals surface area contributed by atoms with Gasteiger partial charge in [-0.2, -0.15) is 0 Å². The number of nitrogens with zero attached hydrogens (tertiary/aromatic N) is 1. The lowest BCUT2D eigenvalue weighted by Gasteiger charge is -2.05. The molecule has 0 unspecified atom stereocenters. The van der Waals surface area contributed by atoms with Gasteiger partial charge in [0, 0.05) is 24.0 Å². The van der Waals surface area contributed by atoms with E-state index in [-0.39, 0.29) is 43.0 Å². The predicted octanol–water partition coefficient (Wildman–Crippen LogP) is 2.90. The minimum absolute atomic E-state index is 0. The van der Waals surface area contributed by atoms with E-state index in [1.807, 2.05) is 18.2 Å². The topological polar surface area (TPSA) is 83.1 Å². The normalized spacial score (nSPS) is 9.58. The third-order valence-electron chi connectivity index (χ3n) is 3.20. The van der Waals surface area contributed by atoms with Crippen molar-refractivity contribution in [3.63, 3.8) is 0 Å². The summed E-state index contributed by atoms with van der Waals surface area (Å²) >= 11 is 1.31. The van der Waals surface area contributed by atoms with Crippen LogP contribution in [-0.2, 0) is 11.2 Å². The fourth-order valence-electron chi connectivity index (χ4n) is 2.02. The van der Waals surface area contributed by atoms with Crippen LogP contribution in [0.15, 0.2) is 35.7 Å². The van der Waals surface area contributed by atoms with Gasteiger partial charge in [0.25, 0.3) is 5.91 Å². The van der Waals surface area contributed by atoms with Crippen molar-refractivity contribution in [3.8, 4) is 0 Å². The molecular weight excluding hydrogens is 395 g/mol. The molecule has 2 aromatic rings. The zero-order valence-corrected chi connectivity index (χ0v) is 16.9. The number of aromatic nitrogens is 1. The Morgan fingerprint density at radius 3 is 2.50 bits per heavy atom. The molecule has 0 aliphatic heterocycles. The van der Waals surface area contributed by atoms with Crippen LogP contribution in [0.4, 0.5) is 5.13 Å². The number of benzene rings is 1. The number of carbonyl (C=O) groups is 2. The first-order chi connectivity index (χ1) is 11.7. The van der Waals surface area contributed by atoms with Crippen molar-refractivity contribution in [2.45, 2.75) is 19.8 Å². The number of amides is 2. The van der Waals surface area contributed by atoms with Crippen molar-refractivity contribution in [1.29, 1.82) is 0 Å². The molecule has 0 radical (unpaired) electrons. The Hall–Kier alpha value is -1.67. The van der Waals surface area contributed by atoms with Gasteiger partial charge in [0.15, 0.2) is 5.13 Å². The maximum absolute atomic E-state index is 12.0. The number of rotatable bonds is 9. The monoisotopic (exact) mass is 418 g/mol. The molecule has 26 heavy (non-hydrogen) atoms. The van der Waals surface area contributed by atoms with E-state index in [4.69, 9.17) is 0 Å². The summed E-state index contributed by atoms with van der Waals surface area (Å²) in [5.41, 5.74) is 1.23. The quantitative estimate of drug-likeness (QED) is 0.546. The number of hydrogen-bond acceptors (Lipinski definition) is 5. The summed E-state index contributed by atoms with van der Waals surface area (Å²) in [5.74, 6) is -0.275. The van der Waals surface area contributed by atoms with Crippen LogP contribution in [0.3, 0.4) is 0 Å². The van der Waals surface area contributed by atoms with E-state index in [1.54, 1.807) is 17.5 Å². The Morgan fingerprint density at radius 2 is 1.81 bits per heavy atom. The Morgan fingerprint density at radius 1 is 1.08 bits per heavy atom. The Balaban J connectivity index is 0.00000312. The fourth-order valence-corrected chi connectivity index (χ4v) is 2.73. The third-order valence-corrected chi connectivity index (χ3v) is 4.01. The predicted molar refractivity (Wildman–Crippen MR) is 111 cm³/mol. The first kappa shape index (κ1) is 24.3. The molecule has 1 aromatic heterocycles. The van der Waals surface area contributed by atoms with E-state index in [9.17, 15) is 9.59 Å². The van der Waals surface area contributed by atoms with Crippen LogP contribution in [0, 0.1) is 0 Å². The molecule has 1 heterocycles. The van der Waals surface area contributed by atoms with Crippen LogP contribution in [0.2, 0.25) is 0 Å². The van der Waals surface area contributed by atoms with Crippen LogP contribution in [0.25, 0.3) is 0 Å². The molecule has 0 bridgehead atoms. The molecule has 9 heteroatoms. The van der Waals surface area contributed by atoms with E-state index in [0.717, 1.165) is 19.5 Å². The highest BCUT2D eigenvalue weighted by atomic mass is 35.5. The number of halogens is 2.